The fourth-order valence-electron chi connectivity index (χ4n) is 2.20. The molecule has 0 aliphatic carbocycles. The van der Waals surface area contributed by atoms with Crippen molar-refractivity contribution in [2.24, 2.45) is 5.92 Å². The zero-order valence-corrected chi connectivity index (χ0v) is 12.4. The zero-order chi connectivity index (χ0) is 14.0. The summed E-state index contributed by atoms with van der Waals surface area (Å²) in [5.41, 5.74) is 8.08. The second-order valence-corrected chi connectivity index (χ2v) is 5.57. The summed E-state index contributed by atoms with van der Waals surface area (Å²) in [5.74, 6) is 2.29. The normalized spacial score (nSPS) is 11.2. The molecule has 2 rings (SSSR count). The lowest BCUT2D eigenvalue weighted by molar-refractivity contribution is 0.513. The molecule has 19 heavy (non-hydrogen) atoms. The minimum atomic E-state index is 0.536. The summed E-state index contributed by atoms with van der Waals surface area (Å²) in [7, 11) is 0. The van der Waals surface area contributed by atoms with E-state index in [9.17, 15) is 0 Å². The zero-order valence-electron chi connectivity index (χ0n) is 11.7. The minimum Gasteiger partial charge on any atom is -0.383 e. The van der Waals surface area contributed by atoms with Gasteiger partial charge in [0.2, 0.25) is 0 Å². The van der Waals surface area contributed by atoms with Crippen LogP contribution in [0, 0.1) is 5.92 Å². The van der Waals surface area contributed by atoms with Crippen LogP contribution >= 0.6 is 11.6 Å². The summed E-state index contributed by atoms with van der Waals surface area (Å²) in [5, 5.41) is 0.702. The van der Waals surface area contributed by atoms with Gasteiger partial charge in [-0.3, -0.25) is 0 Å². The molecule has 4 heteroatoms. The number of nitrogens with zero attached hydrogens (tertiary/aromatic N) is 2. The molecule has 0 saturated carbocycles. The molecule has 2 N–H and O–H groups in total. The lowest BCUT2D eigenvalue weighted by atomic mass is 10.1. The number of aromatic nitrogens is 2. The first-order valence-electron chi connectivity index (χ1n) is 6.63. The highest BCUT2D eigenvalue weighted by atomic mass is 35.5. The molecule has 0 radical (unpaired) electrons. The molecular weight excluding hydrogens is 258 g/mol. The molecule has 2 aromatic rings. The summed E-state index contributed by atoms with van der Waals surface area (Å²) in [6.07, 6.45) is 0.873. The first-order chi connectivity index (χ1) is 9.02. The number of halogens is 1. The van der Waals surface area contributed by atoms with Crippen LogP contribution in [0.25, 0.3) is 11.3 Å². The second-order valence-electron chi connectivity index (χ2n) is 5.13. The van der Waals surface area contributed by atoms with E-state index in [1.165, 1.54) is 0 Å². The third-order valence-corrected chi connectivity index (χ3v) is 3.28. The van der Waals surface area contributed by atoms with Crippen molar-refractivity contribution in [2.75, 3.05) is 5.73 Å². The van der Waals surface area contributed by atoms with Crippen molar-refractivity contribution in [1.82, 2.24) is 9.55 Å². The van der Waals surface area contributed by atoms with Gasteiger partial charge in [0.05, 0.1) is 0 Å². The molecule has 0 amide bonds. The predicted molar refractivity (Wildman–Crippen MR) is 81.3 cm³/mol. The van der Waals surface area contributed by atoms with Gasteiger partial charge in [0.25, 0.3) is 0 Å². The van der Waals surface area contributed by atoms with E-state index in [1.807, 2.05) is 24.3 Å². The number of hydrogen-bond acceptors (Lipinski definition) is 2. The van der Waals surface area contributed by atoms with E-state index in [4.69, 9.17) is 17.3 Å². The summed E-state index contributed by atoms with van der Waals surface area (Å²) in [6, 6.07) is 7.67. The van der Waals surface area contributed by atoms with Crippen LogP contribution < -0.4 is 5.73 Å². The van der Waals surface area contributed by atoms with Gasteiger partial charge in [0.15, 0.2) is 0 Å². The van der Waals surface area contributed by atoms with E-state index in [-0.39, 0.29) is 0 Å². The molecule has 0 saturated heterocycles. The highest BCUT2D eigenvalue weighted by Gasteiger charge is 2.15. The SMILES string of the molecule is CCc1nc(-c2cccc(Cl)c2)c(N)n1CC(C)C. The first kappa shape index (κ1) is 13.9. The Kier molecular flexibility index (Phi) is 4.15. The summed E-state index contributed by atoms with van der Waals surface area (Å²) < 4.78 is 2.11. The Labute approximate surface area is 119 Å². The Morgan fingerprint density at radius 1 is 1.37 bits per heavy atom. The summed E-state index contributed by atoms with van der Waals surface area (Å²) in [4.78, 5) is 4.67. The highest BCUT2D eigenvalue weighted by molar-refractivity contribution is 6.30. The monoisotopic (exact) mass is 277 g/mol. The molecule has 0 unspecified atom stereocenters. The molecule has 0 fully saturated rings. The van der Waals surface area contributed by atoms with Gasteiger partial charge in [-0.15, -0.1) is 0 Å². The summed E-state index contributed by atoms with van der Waals surface area (Å²) >= 11 is 6.04. The number of imidazole rings is 1. The van der Waals surface area contributed by atoms with Crippen LogP contribution in [0.3, 0.4) is 0 Å². The number of nitrogen functional groups attached to an aromatic ring is 1. The van der Waals surface area contributed by atoms with Gasteiger partial charge in [-0.2, -0.15) is 0 Å². The van der Waals surface area contributed by atoms with Gasteiger partial charge < -0.3 is 10.3 Å². The first-order valence-corrected chi connectivity index (χ1v) is 7.01. The Bertz CT molecular complexity index is 573. The fraction of sp³-hybridized carbons (Fsp3) is 0.400. The quantitative estimate of drug-likeness (QED) is 0.918. The van der Waals surface area contributed by atoms with Crippen molar-refractivity contribution in [3.8, 4) is 11.3 Å². The van der Waals surface area contributed by atoms with Gasteiger partial charge in [-0.25, -0.2) is 4.98 Å². The van der Waals surface area contributed by atoms with Crippen molar-refractivity contribution in [3.05, 3.63) is 35.1 Å². The molecule has 1 aromatic heterocycles. The number of aryl methyl sites for hydroxylation is 1. The van der Waals surface area contributed by atoms with E-state index in [2.05, 4.69) is 30.3 Å². The van der Waals surface area contributed by atoms with Gasteiger partial charge in [-0.05, 0) is 18.1 Å². The molecule has 1 heterocycles. The molecule has 1 aromatic carbocycles. The number of nitrogens with two attached hydrogens (primary N) is 1. The van der Waals surface area contributed by atoms with Crippen LogP contribution in [0.2, 0.25) is 5.02 Å². The van der Waals surface area contributed by atoms with Crippen LogP contribution in [0.5, 0.6) is 0 Å². The number of rotatable bonds is 4. The van der Waals surface area contributed by atoms with Crippen molar-refractivity contribution < 1.29 is 0 Å². The van der Waals surface area contributed by atoms with Crippen LogP contribution in [0.4, 0.5) is 5.82 Å². The van der Waals surface area contributed by atoms with E-state index in [1.54, 1.807) is 0 Å². The molecule has 0 atom stereocenters. The van der Waals surface area contributed by atoms with E-state index >= 15 is 0 Å². The van der Waals surface area contributed by atoms with Crippen molar-refractivity contribution in [1.29, 1.82) is 0 Å². The Balaban J connectivity index is 2.50. The maximum absolute atomic E-state index is 6.27. The van der Waals surface area contributed by atoms with E-state index in [0.717, 1.165) is 35.9 Å². The van der Waals surface area contributed by atoms with Crippen molar-refractivity contribution in [3.63, 3.8) is 0 Å². The smallest absolute Gasteiger partial charge is 0.131 e. The molecule has 0 bridgehead atoms. The third-order valence-electron chi connectivity index (χ3n) is 3.05. The van der Waals surface area contributed by atoms with Crippen molar-refractivity contribution >= 4 is 17.4 Å². The molecule has 0 spiro atoms. The average molecular weight is 278 g/mol. The van der Waals surface area contributed by atoms with Crippen LogP contribution in [0.1, 0.15) is 26.6 Å². The Morgan fingerprint density at radius 2 is 2.11 bits per heavy atom. The molecule has 3 nitrogen and oxygen atoms in total. The lowest BCUT2D eigenvalue weighted by Gasteiger charge is -2.11. The topological polar surface area (TPSA) is 43.8 Å². The summed E-state index contributed by atoms with van der Waals surface area (Å²) in [6.45, 7) is 7.35. The van der Waals surface area contributed by atoms with Crippen LogP contribution in [-0.4, -0.2) is 9.55 Å². The number of benzene rings is 1. The van der Waals surface area contributed by atoms with Gasteiger partial charge >= 0.3 is 0 Å². The Hall–Kier alpha value is -1.48. The predicted octanol–water partition coefficient (Wildman–Crippen LogP) is 4.00. The third kappa shape index (κ3) is 2.92. The van der Waals surface area contributed by atoms with Gasteiger partial charge in [0, 0.05) is 23.6 Å². The average Bonchev–Trinajstić information content (AvgIpc) is 2.66. The van der Waals surface area contributed by atoms with Gasteiger partial charge in [-0.1, -0.05) is 44.5 Å². The van der Waals surface area contributed by atoms with E-state index in [0.29, 0.717) is 10.9 Å². The number of anilines is 1. The fourth-order valence-corrected chi connectivity index (χ4v) is 2.39. The van der Waals surface area contributed by atoms with Crippen LogP contribution in [-0.2, 0) is 13.0 Å². The lowest BCUT2D eigenvalue weighted by Crippen LogP contribution is -2.10. The van der Waals surface area contributed by atoms with E-state index < -0.39 is 0 Å². The Morgan fingerprint density at radius 3 is 2.68 bits per heavy atom. The minimum absolute atomic E-state index is 0.536. The largest absolute Gasteiger partial charge is 0.383 e. The van der Waals surface area contributed by atoms with Gasteiger partial charge in [0.1, 0.15) is 17.3 Å². The van der Waals surface area contributed by atoms with Crippen molar-refractivity contribution in [2.45, 2.75) is 33.7 Å². The molecule has 0 aliphatic heterocycles. The number of hydrogen-bond donors (Lipinski definition) is 1. The highest BCUT2D eigenvalue weighted by Crippen LogP contribution is 2.29. The standard InChI is InChI=1S/C15H20ClN3/c1-4-13-18-14(11-6-5-7-12(16)8-11)15(17)19(13)9-10(2)3/h5-8,10H,4,9,17H2,1-3H3. The molecular formula is C15H20ClN3. The molecule has 0 aliphatic rings. The van der Waals surface area contributed by atoms with Crippen LogP contribution in [0.15, 0.2) is 24.3 Å². The maximum Gasteiger partial charge on any atom is 0.131 e. The molecule has 102 valence electrons. The maximum atomic E-state index is 6.27. The second kappa shape index (κ2) is 5.66.